The number of hydrogen-bond donors (Lipinski definition) is 1. The highest BCUT2D eigenvalue weighted by Gasteiger charge is 2.32. The molecule has 2 aliphatic heterocycles. The lowest BCUT2D eigenvalue weighted by Gasteiger charge is -2.44. The van der Waals surface area contributed by atoms with Crippen LogP contribution in [0.3, 0.4) is 0 Å². The summed E-state index contributed by atoms with van der Waals surface area (Å²) in [6, 6.07) is 2.63. The Labute approximate surface area is 133 Å². The summed E-state index contributed by atoms with van der Waals surface area (Å²) >= 11 is 0. The molecule has 1 N–H and O–H groups in total. The minimum absolute atomic E-state index is 0.195. The minimum atomic E-state index is 0.195. The fourth-order valence-electron chi connectivity index (χ4n) is 3.98. The summed E-state index contributed by atoms with van der Waals surface area (Å²) in [6.07, 6.45) is 11.8. The molecule has 0 unspecified atom stereocenters. The highest BCUT2D eigenvalue weighted by molar-refractivity contribution is 5.75. The Bertz CT molecular complexity index is 457. The summed E-state index contributed by atoms with van der Waals surface area (Å²) in [5.41, 5.74) is 0. The Kier molecular flexibility index (Phi) is 5.48. The van der Waals surface area contributed by atoms with E-state index >= 15 is 0 Å². The zero-order valence-electron chi connectivity index (χ0n) is 13.4. The van der Waals surface area contributed by atoms with Crippen molar-refractivity contribution >= 4 is 5.91 Å². The van der Waals surface area contributed by atoms with E-state index in [0.717, 1.165) is 19.5 Å². The predicted octanol–water partition coefficient (Wildman–Crippen LogP) is 2.04. The summed E-state index contributed by atoms with van der Waals surface area (Å²) < 4.78 is 1.88. The van der Waals surface area contributed by atoms with Gasteiger partial charge in [0, 0.05) is 37.9 Å². The van der Waals surface area contributed by atoms with Crippen LogP contribution in [-0.2, 0) is 11.3 Å². The molecule has 0 spiro atoms. The average Bonchev–Trinajstić information content (AvgIpc) is 3.06. The quantitative estimate of drug-likeness (QED) is 0.875. The number of carbonyl (C=O) groups is 1. The van der Waals surface area contributed by atoms with Crippen molar-refractivity contribution in [2.75, 3.05) is 19.6 Å². The van der Waals surface area contributed by atoms with Crippen LogP contribution < -0.4 is 5.32 Å². The van der Waals surface area contributed by atoms with Crippen LogP contribution in [0.15, 0.2) is 18.5 Å². The van der Waals surface area contributed by atoms with Crippen molar-refractivity contribution in [2.24, 2.45) is 5.92 Å². The van der Waals surface area contributed by atoms with E-state index in [1.54, 1.807) is 6.20 Å². The van der Waals surface area contributed by atoms with Crippen LogP contribution in [0.2, 0.25) is 0 Å². The van der Waals surface area contributed by atoms with Crippen molar-refractivity contribution in [1.29, 1.82) is 0 Å². The molecule has 2 fully saturated rings. The van der Waals surface area contributed by atoms with Crippen LogP contribution in [0.4, 0.5) is 0 Å². The largest absolute Gasteiger partial charge is 0.356 e. The molecule has 2 saturated heterocycles. The number of aryl methyl sites for hydroxylation is 1. The first kappa shape index (κ1) is 15.5. The molecule has 2 atom stereocenters. The van der Waals surface area contributed by atoms with Crippen molar-refractivity contribution in [3.05, 3.63) is 18.5 Å². The second kappa shape index (κ2) is 7.77. The molecule has 5 heteroatoms. The molecular formula is C17H28N4O. The van der Waals surface area contributed by atoms with Crippen molar-refractivity contribution in [3.8, 4) is 0 Å². The Balaban J connectivity index is 1.36. The molecule has 0 radical (unpaired) electrons. The van der Waals surface area contributed by atoms with Gasteiger partial charge < -0.3 is 10.2 Å². The third kappa shape index (κ3) is 4.09. The van der Waals surface area contributed by atoms with Crippen molar-refractivity contribution in [2.45, 2.75) is 57.5 Å². The van der Waals surface area contributed by atoms with E-state index in [4.69, 9.17) is 0 Å². The molecule has 1 aromatic heterocycles. The number of aromatic nitrogens is 2. The molecule has 2 aliphatic rings. The Morgan fingerprint density at radius 1 is 1.23 bits per heavy atom. The topological polar surface area (TPSA) is 50.2 Å². The molecule has 3 heterocycles. The molecule has 0 aliphatic carbocycles. The number of amides is 1. The van der Waals surface area contributed by atoms with E-state index < -0.39 is 0 Å². The molecule has 1 aromatic rings. The van der Waals surface area contributed by atoms with Crippen molar-refractivity contribution in [3.63, 3.8) is 0 Å². The monoisotopic (exact) mass is 304 g/mol. The maximum atomic E-state index is 12.0. The predicted molar refractivity (Wildman–Crippen MR) is 86.4 cm³/mol. The lowest BCUT2D eigenvalue weighted by atomic mass is 9.83. The molecule has 22 heavy (non-hydrogen) atoms. The highest BCUT2D eigenvalue weighted by atomic mass is 16.1. The minimum Gasteiger partial charge on any atom is -0.356 e. The van der Waals surface area contributed by atoms with E-state index in [2.05, 4.69) is 15.3 Å². The molecule has 5 nitrogen and oxygen atoms in total. The van der Waals surface area contributed by atoms with Gasteiger partial charge in [-0.2, -0.15) is 5.10 Å². The van der Waals surface area contributed by atoms with Crippen LogP contribution in [-0.4, -0.2) is 46.3 Å². The van der Waals surface area contributed by atoms with Gasteiger partial charge >= 0.3 is 0 Å². The third-order valence-corrected chi connectivity index (χ3v) is 5.14. The van der Waals surface area contributed by atoms with Gasteiger partial charge in [0.25, 0.3) is 0 Å². The average molecular weight is 304 g/mol. The SMILES string of the molecule is O=C(CCCn1cccn1)NC[C@H]1CCCN2CCCC[C@H]12. The van der Waals surface area contributed by atoms with Gasteiger partial charge in [-0.1, -0.05) is 6.42 Å². The van der Waals surface area contributed by atoms with E-state index in [9.17, 15) is 4.79 Å². The standard InChI is InChI=1S/C17H28N4O/c22-17(8-4-12-21-13-5-9-19-21)18-14-15-6-3-11-20-10-2-1-7-16(15)20/h5,9,13,15-16H,1-4,6-8,10-12,14H2,(H,18,22)/t15-,16-/m1/s1. The number of piperidine rings is 2. The Morgan fingerprint density at radius 3 is 3.00 bits per heavy atom. The summed E-state index contributed by atoms with van der Waals surface area (Å²) in [5, 5.41) is 7.33. The fraction of sp³-hybridized carbons (Fsp3) is 0.765. The summed E-state index contributed by atoms with van der Waals surface area (Å²) in [7, 11) is 0. The third-order valence-electron chi connectivity index (χ3n) is 5.14. The van der Waals surface area contributed by atoms with Gasteiger partial charge in [0.2, 0.25) is 5.91 Å². The zero-order chi connectivity index (χ0) is 15.2. The highest BCUT2D eigenvalue weighted by Crippen LogP contribution is 2.30. The van der Waals surface area contributed by atoms with Gasteiger partial charge in [-0.15, -0.1) is 0 Å². The van der Waals surface area contributed by atoms with E-state index in [1.165, 1.54) is 45.2 Å². The first-order chi connectivity index (χ1) is 10.8. The molecule has 0 bridgehead atoms. The van der Waals surface area contributed by atoms with E-state index in [-0.39, 0.29) is 5.91 Å². The van der Waals surface area contributed by atoms with Gasteiger partial charge in [0.15, 0.2) is 0 Å². The van der Waals surface area contributed by atoms with Crippen LogP contribution in [0, 0.1) is 5.92 Å². The molecular weight excluding hydrogens is 276 g/mol. The number of fused-ring (bicyclic) bond motifs is 1. The van der Waals surface area contributed by atoms with Crippen LogP contribution in [0.25, 0.3) is 0 Å². The molecule has 122 valence electrons. The van der Waals surface area contributed by atoms with E-state index in [1.807, 2.05) is 16.9 Å². The molecule has 0 saturated carbocycles. The van der Waals surface area contributed by atoms with Gasteiger partial charge in [0.1, 0.15) is 0 Å². The lowest BCUT2D eigenvalue weighted by Crippen LogP contribution is -2.50. The number of nitrogens with one attached hydrogen (secondary N) is 1. The molecule has 3 rings (SSSR count). The lowest BCUT2D eigenvalue weighted by molar-refractivity contribution is -0.121. The number of rotatable bonds is 6. The summed E-state index contributed by atoms with van der Waals surface area (Å²) in [4.78, 5) is 14.7. The first-order valence-electron chi connectivity index (χ1n) is 8.81. The number of nitrogens with zero attached hydrogens (tertiary/aromatic N) is 3. The number of carbonyl (C=O) groups excluding carboxylic acids is 1. The molecule has 1 amide bonds. The van der Waals surface area contributed by atoms with Gasteiger partial charge in [-0.3, -0.25) is 9.48 Å². The van der Waals surface area contributed by atoms with Crippen LogP contribution in [0.5, 0.6) is 0 Å². The normalized spacial score (nSPS) is 25.6. The van der Waals surface area contributed by atoms with Crippen molar-refractivity contribution < 1.29 is 4.79 Å². The molecule has 0 aromatic carbocycles. The summed E-state index contributed by atoms with van der Waals surface area (Å²) in [6.45, 7) is 4.21. The zero-order valence-corrected chi connectivity index (χ0v) is 13.4. The van der Waals surface area contributed by atoms with Crippen LogP contribution >= 0.6 is 0 Å². The van der Waals surface area contributed by atoms with Crippen molar-refractivity contribution in [1.82, 2.24) is 20.0 Å². The Morgan fingerprint density at radius 2 is 2.14 bits per heavy atom. The first-order valence-corrected chi connectivity index (χ1v) is 8.81. The smallest absolute Gasteiger partial charge is 0.220 e. The summed E-state index contributed by atoms with van der Waals surface area (Å²) in [5.74, 6) is 0.851. The second-order valence-corrected chi connectivity index (χ2v) is 6.68. The van der Waals surface area contributed by atoms with Gasteiger partial charge in [-0.25, -0.2) is 0 Å². The number of hydrogen-bond acceptors (Lipinski definition) is 3. The Hall–Kier alpha value is -1.36. The van der Waals surface area contributed by atoms with Gasteiger partial charge in [-0.05, 0) is 57.2 Å². The maximum absolute atomic E-state index is 12.0. The van der Waals surface area contributed by atoms with E-state index in [0.29, 0.717) is 18.4 Å². The maximum Gasteiger partial charge on any atom is 0.220 e. The fourth-order valence-corrected chi connectivity index (χ4v) is 3.98. The second-order valence-electron chi connectivity index (χ2n) is 6.68. The van der Waals surface area contributed by atoms with Crippen LogP contribution in [0.1, 0.15) is 44.9 Å². The van der Waals surface area contributed by atoms with Gasteiger partial charge in [0.05, 0.1) is 0 Å².